The van der Waals surface area contributed by atoms with Crippen molar-refractivity contribution in [1.29, 1.82) is 0 Å². The number of carbonyl (C=O) groups excluding carboxylic acids is 3. The van der Waals surface area contributed by atoms with E-state index in [-0.39, 0.29) is 13.0 Å². The molecule has 0 aromatic heterocycles. The van der Waals surface area contributed by atoms with Crippen LogP contribution in [0, 0.1) is 0 Å². The fourth-order valence-electron chi connectivity index (χ4n) is 2.13. The van der Waals surface area contributed by atoms with Crippen LogP contribution in [-0.2, 0) is 20.9 Å². The van der Waals surface area contributed by atoms with Gasteiger partial charge in [-0.15, -0.1) is 0 Å². The topological polar surface area (TPSA) is 93.7 Å². The van der Waals surface area contributed by atoms with Gasteiger partial charge in [-0.1, -0.05) is 30.3 Å². The van der Waals surface area contributed by atoms with Gasteiger partial charge in [-0.2, -0.15) is 4.39 Å². The average Bonchev–Trinajstić information content (AvgIpc) is 2.57. The monoisotopic (exact) mass is 382 g/mol. The fourth-order valence-corrected chi connectivity index (χ4v) is 2.13. The SMILES string of the molecule is CC(C)(C)OC(=O)N[C@@H](CCCCNC(=O)OCc1ccccc1)C(=O)F. The first-order chi connectivity index (χ1) is 12.7. The number of carbonyl (C=O) groups is 3. The summed E-state index contributed by atoms with van der Waals surface area (Å²) in [6.07, 6.45) is -0.366. The van der Waals surface area contributed by atoms with Crippen molar-refractivity contribution in [3.05, 3.63) is 35.9 Å². The van der Waals surface area contributed by atoms with Crippen LogP contribution in [0.15, 0.2) is 30.3 Å². The van der Waals surface area contributed by atoms with E-state index in [0.29, 0.717) is 19.4 Å². The molecule has 1 aromatic rings. The second-order valence-electron chi connectivity index (χ2n) is 6.99. The van der Waals surface area contributed by atoms with Crippen LogP contribution in [0.5, 0.6) is 0 Å². The zero-order chi connectivity index (χ0) is 20.3. The number of ether oxygens (including phenoxy) is 2. The second kappa shape index (κ2) is 11.2. The predicted molar refractivity (Wildman–Crippen MR) is 97.8 cm³/mol. The standard InChI is InChI=1S/C19H27FN2O5/c1-19(2,3)27-18(25)22-15(16(20)23)11-7-8-12-21-17(24)26-13-14-9-5-4-6-10-14/h4-6,9-10,15H,7-8,11-13H2,1-3H3,(H,21,24)(H,22,25)/t15-/m0/s1. The van der Waals surface area contributed by atoms with Gasteiger partial charge >= 0.3 is 18.2 Å². The van der Waals surface area contributed by atoms with Crippen molar-refractivity contribution >= 4 is 18.2 Å². The molecule has 0 radical (unpaired) electrons. The van der Waals surface area contributed by atoms with Crippen molar-refractivity contribution in [3.8, 4) is 0 Å². The van der Waals surface area contributed by atoms with Crippen molar-refractivity contribution in [2.75, 3.05) is 6.54 Å². The maximum absolute atomic E-state index is 13.1. The Labute approximate surface area is 158 Å². The number of amides is 2. The molecule has 27 heavy (non-hydrogen) atoms. The quantitative estimate of drug-likeness (QED) is 0.504. The molecule has 0 saturated heterocycles. The third-order valence-corrected chi connectivity index (χ3v) is 3.37. The van der Waals surface area contributed by atoms with Gasteiger partial charge in [0.05, 0.1) is 0 Å². The number of benzene rings is 1. The molecule has 2 amide bonds. The van der Waals surface area contributed by atoms with E-state index < -0.39 is 29.9 Å². The summed E-state index contributed by atoms with van der Waals surface area (Å²) in [5, 5.41) is 4.79. The second-order valence-corrected chi connectivity index (χ2v) is 6.99. The van der Waals surface area contributed by atoms with Gasteiger partial charge in [-0.3, -0.25) is 4.79 Å². The average molecular weight is 382 g/mol. The van der Waals surface area contributed by atoms with Crippen LogP contribution in [0.3, 0.4) is 0 Å². The van der Waals surface area contributed by atoms with Gasteiger partial charge in [-0.05, 0) is 45.6 Å². The minimum atomic E-state index is -1.63. The molecule has 1 atom stereocenters. The lowest BCUT2D eigenvalue weighted by Crippen LogP contribution is -2.42. The Bertz CT molecular complexity index is 616. The number of unbranched alkanes of at least 4 members (excludes halogenated alkanes) is 1. The highest BCUT2D eigenvalue weighted by atomic mass is 19.1. The highest BCUT2D eigenvalue weighted by Crippen LogP contribution is 2.09. The Hall–Kier alpha value is -2.64. The Morgan fingerprint density at radius 2 is 1.74 bits per heavy atom. The molecule has 0 bridgehead atoms. The zero-order valence-electron chi connectivity index (χ0n) is 15.9. The third kappa shape index (κ3) is 10.8. The molecule has 0 heterocycles. The zero-order valence-corrected chi connectivity index (χ0v) is 15.9. The van der Waals surface area contributed by atoms with Crippen molar-refractivity contribution in [2.24, 2.45) is 0 Å². The van der Waals surface area contributed by atoms with Gasteiger partial charge in [0.25, 0.3) is 0 Å². The summed E-state index contributed by atoms with van der Waals surface area (Å²) in [7, 11) is 0. The van der Waals surface area contributed by atoms with E-state index in [4.69, 9.17) is 9.47 Å². The summed E-state index contributed by atoms with van der Waals surface area (Å²) < 4.78 is 23.1. The fraction of sp³-hybridized carbons (Fsp3) is 0.526. The molecular weight excluding hydrogens is 355 g/mol. The Morgan fingerprint density at radius 3 is 2.33 bits per heavy atom. The molecule has 1 rings (SSSR count). The molecule has 0 aliphatic rings. The van der Waals surface area contributed by atoms with E-state index in [9.17, 15) is 18.8 Å². The molecule has 7 nitrogen and oxygen atoms in total. The lowest BCUT2D eigenvalue weighted by atomic mass is 10.1. The summed E-state index contributed by atoms with van der Waals surface area (Å²) in [5.41, 5.74) is 0.142. The molecule has 0 saturated carbocycles. The molecule has 0 unspecified atom stereocenters. The molecular formula is C19H27FN2O5. The lowest BCUT2D eigenvalue weighted by molar-refractivity contribution is -0.131. The summed E-state index contributed by atoms with van der Waals surface area (Å²) in [6, 6.07) is 6.38. The largest absolute Gasteiger partial charge is 0.445 e. The van der Waals surface area contributed by atoms with Crippen molar-refractivity contribution in [1.82, 2.24) is 10.6 Å². The highest BCUT2D eigenvalue weighted by molar-refractivity contribution is 5.80. The Kier molecular flexibility index (Phi) is 9.25. The molecule has 1 aromatic carbocycles. The first kappa shape index (κ1) is 22.4. The minimum absolute atomic E-state index is 0.106. The molecule has 0 aliphatic heterocycles. The van der Waals surface area contributed by atoms with Gasteiger partial charge in [0.2, 0.25) is 0 Å². The molecule has 150 valence electrons. The van der Waals surface area contributed by atoms with Crippen LogP contribution in [0.1, 0.15) is 45.6 Å². The first-order valence-electron chi connectivity index (χ1n) is 8.81. The number of hydrogen-bond acceptors (Lipinski definition) is 5. The van der Waals surface area contributed by atoms with Gasteiger partial charge < -0.3 is 20.1 Å². The number of rotatable bonds is 9. The van der Waals surface area contributed by atoms with Crippen LogP contribution >= 0.6 is 0 Å². The Morgan fingerprint density at radius 1 is 1.07 bits per heavy atom. The van der Waals surface area contributed by atoms with E-state index in [1.807, 2.05) is 30.3 Å². The molecule has 8 heteroatoms. The van der Waals surface area contributed by atoms with E-state index in [2.05, 4.69) is 10.6 Å². The summed E-state index contributed by atoms with van der Waals surface area (Å²) >= 11 is 0. The molecule has 0 fully saturated rings. The van der Waals surface area contributed by atoms with Gasteiger partial charge in [0.15, 0.2) is 0 Å². The van der Waals surface area contributed by atoms with Crippen LogP contribution < -0.4 is 10.6 Å². The maximum Gasteiger partial charge on any atom is 0.408 e. The summed E-state index contributed by atoms with van der Waals surface area (Å²) in [4.78, 5) is 34.2. The van der Waals surface area contributed by atoms with E-state index >= 15 is 0 Å². The maximum atomic E-state index is 13.1. The van der Waals surface area contributed by atoms with Crippen molar-refractivity contribution in [3.63, 3.8) is 0 Å². The first-order valence-corrected chi connectivity index (χ1v) is 8.81. The Balaban J connectivity index is 2.21. The summed E-state index contributed by atoms with van der Waals surface area (Å²) in [6.45, 7) is 5.49. The van der Waals surface area contributed by atoms with Crippen LogP contribution in [0.4, 0.5) is 14.0 Å². The van der Waals surface area contributed by atoms with Gasteiger partial charge in [-0.25, -0.2) is 9.59 Å². The van der Waals surface area contributed by atoms with Gasteiger partial charge in [0, 0.05) is 6.54 Å². The van der Waals surface area contributed by atoms with E-state index in [1.165, 1.54) is 0 Å². The van der Waals surface area contributed by atoms with Crippen LogP contribution in [-0.4, -0.2) is 36.4 Å². The lowest BCUT2D eigenvalue weighted by Gasteiger charge is -2.21. The van der Waals surface area contributed by atoms with E-state index in [1.54, 1.807) is 20.8 Å². The van der Waals surface area contributed by atoms with E-state index in [0.717, 1.165) is 5.56 Å². The van der Waals surface area contributed by atoms with Crippen LogP contribution in [0.25, 0.3) is 0 Å². The van der Waals surface area contributed by atoms with Gasteiger partial charge in [0.1, 0.15) is 18.2 Å². The number of alkyl carbamates (subject to hydrolysis) is 2. The molecule has 0 spiro atoms. The highest BCUT2D eigenvalue weighted by Gasteiger charge is 2.23. The number of halogens is 1. The molecule has 2 N–H and O–H groups in total. The van der Waals surface area contributed by atoms with Crippen molar-refractivity contribution in [2.45, 2.75) is 58.3 Å². The molecule has 0 aliphatic carbocycles. The minimum Gasteiger partial charge on any atom is -0.445 e. The number of hydrogen-bond donors (Lipinski definition) is 2. The van der Waals surface area contributed by atoms with Crippen LogP contribution in [0.2, 0.25) is 0 Å². The third-order valence-electron chi connectivity index (χ3n) is 3.37. The predicted octanol–water partition coefficient (Wildman–Crippen LogP) is 3.47. The summed E-state index contributed by atoms with van der Waals surface area (Å²) in [5.74, 6) is 0. The van der Waals surface area contributed by atoms with Crippen molar-refractivity contribution < 1.29 is 28.2 Å². The smallest absolute Gasteiger partial charge is 0.408 e. The number of nitrogens with one attached hydrogen (secondary N) is 2. The normalized spacial score (nSPS) is 12.0.